The van der Waals surface area contributed by atoms with Crippen LogP contribution < -0.4 is 4.74 Å². The van der Waals surface area contributed by atoms with Gasteiger partial charge in [-0.05, 0) is 18.9 Å². The lowest BCUT2D eigenvalue weighted by Gasteiger charge is -2.15. The van der Waals surface area contributed by atoms with Crippen LogP contribution in [0.1, 0.15) is 26.7 Å². The van der Waals surface area contributed by atoms with E-state index >= 15 is 0 Å². The van der Waals surface area contributed by atoms with Crippen LogP contribution in [0.4, 0.5) is 10.1 Å². The minimum atomic E-state index is -0.693. The van der Waals surface area contributed by atoms with E-state index in [4.69, 9.17) is 4.74 Å². The Morgan fingerprint density at radius 3 is 2.50 bits per heavy atom. The summed E-state index contributed by atoms with van der Waals surface area (Å²) in [6.07, 6.45) is 1.48. The summed E-state index contributed by atoms with van der Waals surface area (Å²) < 4.78 is 18.8. The summed E-state index contributed by atoms with van der Waals surface area (Å²) in [6, 6.07) is 3.41. The summed E-state index contributed by atoms with van der Waals surface area (Å²) in [6.45, 7) is 3.88. The van der Waals surface area contributed by atoms with Crippen molar-refractivity contribution in [2.75, 3.05) is 0 Å². The van der Waals surface area contributed by atoms with E-state index < -0.39 is 10.7 Å². The average molecular weight is 227 g/mol. The van der Waals surface area contributed by atoms with Crippen molar-refractivity contribution in [1.82, 2.24) is 0 Å². The number of hydrogen-bond acceptors (Lipinski definition) is 3. The first-order valence-electron chi connectivity index (χ1n) is 5.19. The van der Waals surface area contributed by atoms with Gasteiger partial charge in [-0.1, -0.05) is 13.8 Å². The lowest BCUT2D eigenvalue weighted by Crippen LogP contribution is -2.14. The summed E-state index contributed by atoms with van der Waals surface area (Å²) >= 11 is 0. The van der Waals surface area contributed by atoms with Crippen molar-refractivity contribution in [3.8, 4) is 5.75 Å². The average Bonchev–Trinajstić information content (AvgIpc) is 2.27. The highest BCUT2D eigenvalue weighted by molar-refractivity contribution is 5.37. The number of non-ortho nitro benzene ring substituents is 1. The Kier molecular flexibility index (Phi) is 4.22. The predicted molar refractivity (Wildman–Crippen MR) is 58.1 cm³/mol. The molecular formula is C11H14FNO3. The monoisotopic (exact) mass is 227 g/mol. The standard InChI is InChI=1S/C11H14FNO3/c1-3-9(4-2)16-11-6-5-8(13(14)15)7-10(11)12/h5-7,9H,3-4H2,1-2H3. The Morgan fingerprint density at radius 2 is 2.06 bits per heavy atom. The smallest absolute Gasteiger partial charge is 0.272 e. The van der Waals surface area contributed by atoms with E-state index in [0.29, 0.717) is 0 Å². The van der Waals surface area contributed by atoms with Crippen LogP contribution >= 0.6 is 0 Å². The molecule has 1 aromatic carbocycles. The van der Waals surface area contributed by atoms with E-state index in [9.17, 15) is 14.5 Å². The Balaban J connectivity index is 2.86. The molecule has 0 aliphatic carbocycles. The topological polar surface area (TPSA) is 52.4 Å². The first-order chi connectivity index (χ1) is 7.58. The second-order valence-electron chi connectivity index (χ2n) is 3.43. The lowest BCUT2D eigenvalue weighted by atomic mass is 10.2. The van der Waals surface area contributed by atoms with E-state index in [1.54, 1.807) is 0 Å². The van der Waals surface area contributed by atoms with E-state index in [2.05, 4.69) is 0 Å². The molecule has 0 aromatic heterocycles. The van der Waals surface area contributed by atoms with E-state index in [-0.39, 0.29) is 17.5 Å². The van der Waals surface area contributed by atoms with Crippen LogP contribution in [0.2, 0.25) is 0 Å². The number of hydrogen-bond donors (Lipinski definition) is 0. The van der Waals surface area contributed by atoms with E-state index in [1.165, 1.54) is 12.1 Å². The molecule has 0 saturated carbocycles. The zero-order valence-electron chi connectivity index (χ0n) is 9.27. The van der Waals surface area contributed by atoms with Crippen molar-refractivity contribution in [2.45, 2.75) is 32.8 Å². The molecule has 0 aliphatic rings. The van der Waals surface area contributed by atoms with Gasteiger partial charge >= 0.3 is 0 Å². The molecule has 0 bridgehead atoms. The van der Waals surface area contributed by atoms with Gasteiger partial charge in [-0.25, -0.2) is 4.39 Å². The number of halogens is 1. The van der Waals surface area contributed by atoms with Crippen LogP contribution in [0.3, 0.4) is 0 Å². The van der Waals surface area contributed by atoms with Crippen LogP contribution in [-0.2, 0) is 0 Å². The summed E-state index contributed by atoms with van der Waals surface area (Å²) in [7, 11) is 0. The van der Waals surface area contributed by atoms with Crippen molar-refractivity contribution in [2.24, 2.45) is 0 Å². The van der Waals surface area contributed by atoms with Gasteiger partial charge in [0, 0.05) is 6.07 Å². The van der Waals surface area contributed by atoms with Crippen molar-refractivity contribution >= 4 is 5.69 Å². The second-order valence-corrected chi connectivity index (χ2v) is 3.43. The molecular weight excluding hydrogens is 213 g/mol. The summed E-state index contributed by atoms with van der Waals surface area (Å²) in [5.74, 6) is -0.625. The normalized spacial score (nSPS) is 10.5. The molecule has 0 fully saturated rings. The molecule has 1 aromatic rings. The third-order valence-electron chi connectivity index (χ3n) is 2.33. The fourth-order valence-corrected chi connectivity index (χ4v) is 1.33. The van der Waals surface area contributed by atoms with Crippen molar-refractivity contribution in [1.29, 1.82) is 0 Å². The molecule has 0 atom stereocenters. The molecule has 16 heavy (non-hydrogen) atoms. The highest BCUT2D eigenvalue weighted by Crippen LogP contribution is 2.24. The molecule has 0 saturated heterocycles. The third kappa shape index (κ3) is 2.92. The van der Waals surface area contributed by atoms with Gasteiger partial charge in [0.15, 0.2) is 11.6 Å². The molecule has 0 amide bonds. The summed E-state index contributed by atoms with van der Waals surface area (Å²) in [4.78, 5) is 9.76. The van der Waals surface area contributed by atoms with Crippen LogP contribution in [0.5, 0.6) is 5.75 Å². The number of nitrogens with zero attached hydrogens (tertiary/aromatic N) is 1. The highest BCUT2D eigenvalue weighted by atomic mass is 19.1. The van der Waals surface area contributed by atoms with Crippen molar-refractivity contribution < 1.29 is 14.1 Å². The van der Waals surface area contributed by atoms with E-state index in [1.807, 2.05) is 13.8 Å². The molecule has 1 rings (SSSR count). The summed E-state index contributed by atoms with van der Waals surface area (Å²) in [5, 5.41) is 10.4. The van der Waals surface area contributed by atoms with Gasteiger partial charge in [0.25, 0.3) is 5.69 Å². The van der Waals surface area contributed by atoms with Gasteiger partial charge in [0.1, 0.15) is 0 Å². The maximum Gasteiger partial charge on any atom is 0.272 e. The first kappa shape index (κ1) is 12.4. The molecule has 5 heteroatoms. The Labute approximate surface area is 93.2 Å². The Hall–Kier alpha value is -1.65. The van der Waals surface area contributed by atoms with Gasteiger partial charge in [0.05, 0.1) is 17.1 Å². The number of ether oxygens (including phenoxy) is 1. The molecule has 0 aliphatic heterocycles. The minimum Gasteiger partial charge on any atom is -0.487 e. The fraction of sp³-hybridized carbons (Fsp3) is 0.455. The fourth-order valence-electron chi connectivity index (χ4n) is 1.33. The lowest BCUT2D eigenvalue weighted by molar-refractivity contribution is -0.385. The van der Waals surface area contributed by atoms with Gasteiger partial charge < -0.3 is 4.74 Å². The van der Waals surface area contributed by atoms with Crippen LogP contribution in [-0.4, -0.2) is 11.0 Å². The maximum absolute atomic E-state index is 13.4. The molecule has 0 N–H and O–H groups in total. The number of nitro benzene ring substituents is 1. The third-order valence-corrected chi connectivity index (χ3v) is 2.33. The molecule has 0 spiro atoms. The Morgan fingerprint density at radius 1 is 1.44 bits per heavy atom. The van der Waals surface area contributed by atoms with Gasteiger partial charge in [-0.3, -0.25) is 10.1 Å². The molecule has 88 valence electrons. The Bertz CT molecular complexity index is 377. The molecule has 4 nitrogen and oxygen atoms in total. The zero-order valence-corrected chi connectivity index (χ0v) is 9.27. The predicted octanol–water partition coefficient (Wildman–Crippen LogP) is 3.30. The van der Waals surface area contributed by atoms with Crippen LogP contribution in [0.15, 0.2) is 18.2 Å². The van der Waals surface area contributed by atoms with Gasteiger partial charge in [0.2, 0.25) is 0 Å². The van der Waals surface area contributed by atoms with Gasteiger partial charge in [-0.2, -0.15) is 0 Å². The van der Waals surface area contributed by atoms with Crippen molar-refractivity contribution in [3.63, 3.8) is 0 Å². The largest absolute Gasteiger partial charge is 0.487 e. The second kappa shape index (κ2) is 5.44. The summed E-state index contributed by atoms with van der Waals surface area (Å²) in [5.41, 5.74) is -0.269. The first-order valence-corrected chi connectivity index (χ1v) is 5.19. The highest BCUT2D eigenvalue weighted by Gasteiger charge is 2.14. The minimum absolute atomic E-state index is 0.0593. The van der Waals surface area contributed by atoms with Crippen molar-refractivity contribution in [3.05, 3.63) is 34.1 Å². The molecule has 0 radical (unpaired) electrons. The zero-order chi connectivity index (χ0) is 12.1. The SMILES string of the molecule is CCC(CC)Oc1ccc([N+](=O)[O-])cc1F. The molecule has 0 heterocycles. The van der Waals surface area contributed by atoms with Crippen LogP contribution in [0, 0.1) is 15.9 Å². The number of nitro groups is 1. The van der Waals surface area contributed by atoms with Crippen LogP contribution in [0.25, 0.3) is 0 Å². The number of benzene rings is 1. The van der Waals surface area contributed by atoms with Gasteiger partial charge in [-0.15, -0.1) is 0 Å². The van der Waals surface area contributed by atoms with E-state index in [0.717, 1.165) is 18.9 Å². The molecule has 0 unspecified atom stereocenters. The maximum atomic E-state index is 13.4. The quantitative estimate of drug-likeness (QED) is 0.572. The number of rotatable bonds is 5.